The molecule has 124 valence electrons. The van der Waals surface area contributed by atoms with Crippen LogP contribution >= 0.6 is 0 Å². The Balaban J connectivity index is 2.04. The van der Waals surface area contributed by atoms with Gasteiger partial charge < -0.3 is 0 Å². The molecule has 0 fully saturated rings. The molecule has 2 heteroatoms. The van der Waals surface area contributed by atoms with Crippen LogP contribution in [-0.2, 0) is 0 Å². The van der Waals surface area contributed by atoms with Crippen LogP contribution < -0.4 is 0 Å². The van der Waals surface area contributed by atoms with Crippen molar-refractivity contribution in [3.05, 3.63) is 66.5 Å². The molecule has 2 nitrogen and oxygen atoms in total. The van der Waals surface area contributed by atoms with Crippen LogP contribution in [0.3, 0.4) is 0 Å². The second kappa shape index (κ2) is 7.48. The van der Waals surface area contributed by atoms with Gasteiger partial charge in [0.15, 0.2) is 0 Å². The predicted molar refractivity (Wildman–Crippen MR) is 103 cm³/mol. The predicted octanol–water partition coefficient (Wildman–Crippen LogP) is 6.29. The van der Waals surface area contributed by atoms with Gasteiger partial charge in [-0.25, -0.2) is 4.98 Å². The molecule has 24 heavy (non-hydrogen) atoms. The molecule has 3 rings (SSSR count). The maximum absolute atomic E-state index is 4.95. The lowest BCUT2D eigenvalue weighted by Gasteiger charge is -2.09. The molecule has 0 aliphatic heterocycles. The number of aryl methyl sites for hydroxylation is 1. The zero-order valence-corrected chi connectivity index (χ0v) is 14.8. The molecule has 0 bridgehead atoms. The fourth-order valence-corrected chi connectivity index (χ4v) is 3.22. The number of hydrogen-bond acceptors (Lipinski definition) is 1. The van der Waals surface area contributed by atoms with E-state index < -0.39 is 0 Å². The fraction of sp³-hybridized carbons (Fsp3) is 0.318. The minimum atomic E-state index is 1.03. The third kappa shape index (κ3) is 3.28. The van der Waals surface area contributed by atoms with Crippen LogP contribution in [0.5, 0.6) is 0 Å². The van der Waals surface area contributed by atoms with E-state index in [4.69, 9.17) is 4.98 Å². The Kier molecular flexibility index (Phi) is 5.14. The first kappa shape index (κ1) is 16.5. The number of imidazole rings is 1. The van der Waals surface area contributed by atoms with Gasteiger partial charge in [0.05, 0.1) is 11.4 Å². The van der Waals surface area contributed by atoms with Crippen LogP contribution in [0.15, 0.2) is 55.2 Å². The van der Waals surface area contributed by atoms with Crippen molar-refractivity contribution < 1.29 is 0 Å². The molecule has 0 saturated carbocycles. The Morgan fingerprint density at radius 1 is 1.04 bits per heavy atom. The molecule has 2 heterocycles. The number of benzene rings is 1. The molecule has 0 aliphatic carbocycles. The third-order valence-electron chi connectivity index (χ3n) is 4.56. The van der Waals surface area contributed by atoms with Crippen LogP contribution in [0.25, 0.3) is 22.5 Å². The lowest BCUT2D eigenvalue weighted by atomic mass is 10.0. The molecule has 1 aromatic carbocycles. The molecule has 0 spiro atoms. The van der Waals surface area contributed by atoms with Crippen molar-refractivity contribution in [1.29, 1.82) is 0 Å². The minimum absolute atomic E-state index is 1.03. The zero-order chi connectivity index (χ0) is 16.9. The second-order valence-corrected chi connectivity index (χ2v) is 6.47. The van der Waals surface area contributed by atoms with Crippen molar-refractivity contribution >= 4 is 11.2 Å². The average molecular weight is 318 g/mol. The van der Waals surface area contributed by atoms with E-state index in [9.17, 15) is 0 Å². The van der Waals surface area contributed by atoms with Crippen molar-refractivity contribution in [2.24, 2.45) is 0 Å². The summed E-state index contributed by atoms with van der Waals surface area (Å²) in [6.07, 6.45) is 8.16. The number of allylic oxidation sites excluding steroid dienone is 1. The Labute approximate surface area is 144 Å². The monoisotopic (exact) mass is 318 g/mol. The van der Waals surface area contributed by atoms with E-state index in [2.05, 4.69) is 67.4 Å². The highest BCUT2D eigenvalue weighted by Gasteiger charge is 2.17. The molecule has 0 amide bonds. The van der Waals surface area contributed by atoms with E-state index in [1.165, 1.54) is 36.8 Å². The first-order valence-corrected chi connectivity index (χ1v) is 8.93. The number of pyridine rings is 1. The maximum atomic E-state index is 4.95. The fourth-order valence-electron chi connectivity index (χ4n) is 3.22. The number of fused-ring (bicyclic) bond motifs is 1. The zero-order valence-electron chi connectivity index (χ0n) is 14.8. The second-order valence-electron chi connectivity index (χ2n) is 6.47. The number of aromatic nitrogens is 2. The number of rotatable bonds is 7. The van der Waals surface area contributed by atoms with E-state index in [-0.39, 0.29) is 0 Å². The van der Waals surface area contributed by atoms with Crippen LogP contribution in [-0.4, -0.2) is 9.38 Å². The molecule has 2 aromatic heterocycles. The summed E-state index contributed by atoms with van der Waals surface area (Å²) in [5, 5.41) is 0. The highest BCUT2D eigenvalue weighted by molar-refractivity contribution is 5.80. The average Bonchev–Trinajstić information content (AvgIpc) is 3.00. The Hall–Kier alpha value is -2.35. The summed E-state index contributed by atoms with van der Waals surface area (Å²) in [7, 11) is 0. The van der Waals surface area contributed by atoms with Crippen LogP contribution in [0.4, 0.5) is 0 Å². The minimum Gasteiger partial charge on any atom is -0.299 e. The first-order chi connectivity index (χ1) is 11.7. The standard InChI is InChI=1S/C22H26N2/c1-4-5-6-8-12-17(2)21-20(19-14-9-7-10-15-19)23-22-18(3)13-11-16-24(21)22/h7,9-11,13-16H,2,4-6,8,12H2,1,3H3. The normalized spacial score (nSPS) is 11.1. The molecule has 0 N–H and O–H groups in total. The molecular formula is C22H26N2. The lowest BCUT2D eigenvalue weighted by molar-refractivity contribution is 0.678. The molecule has 0 radical (unpaired) electrons. The van der Waals surface area contributed by atoms with Crippen LogP contribution in [0, 0.1) is 6.92 Å². The SMILES string of the molecule is C=C(CCCCCC)c1c(-c2ccccc2)nc2c(C)cccn12. The van der Waals surface area contributed by atoms with Crippen molar-refractivity contribution in [2.75, 3.05) is 0 Å². The van der Waals surface area contributed by atoms with E-state index in [1.807, 2.05) is 6.07 Å². The van der Waals surface area contributed by atoms with E-state index in [0.717, 1.165) is 29.0 Å². The summed E-state index contributed by atoms with van der Waals surface area (Å²) >= 11 is 0. The van der Waals surface area contributed by atoms with Gasteiger partial charge >= 0.3 is 0 Å². The van der Waals surface area contributed by atoms with Crippen molar-refractivity contribution in [3.63, 3.8) is 0 Å². The maximum Gasteiger partial charge on any atom is 0.140 e. The van der Waals surface area contributed by atoms with Gasteiger partial charge in [-0.15, -0.1) is 0 Å². The van der Waals surface area contributed by atoms with Crippen molar-refractivity contribution in [3.8, 4) is 11.3 Å². The molecular weight excluding hydrogens is 292 g/mol. The highest BCUT2D eigenvalue weighted by atomic mass is 15.0. The molecule has 3 aromatic rings. The Morgan fingerprint density at radius 2 is 1.83 bits per heavy atom. The van der Waals surface area contributed by atoms with Crippen molar-refractivity contribution in [1.82, 2.24) is 9.38 Å². The number of nitrogens with zero attached hydrogens (tertiary/aromatic N) is 2. The van der Waals surface area contributed by atoms with Gasteiger partial charge in [-0.2, -0.15) is 0 Å². The molecule has 0 atom stereocenters. The van der Waals surface area contributed by atoms with Gasteiger partial charge in [0.25, 0.3) is 0 Å². The van der Waals surface area contributed by atoms with Crippen molar-refractivity contribution in [2.45, 2.75) is 46.0 Å². The highest BCUT2D eigenvalue weighted by Crippen LogP contribution is 2.32. The number of unbranched alkanes of at least 4 members (excludes halogenated alkanes) is 3. The van der Waals surface area contributed by atoms with E-state index in [0.29, 0.717) is 0 Å². The van der Waals surface area contributed by atoms with Gasteiger partial charge in [0, 0.05) is 11.8 Å². The topological polar surface area (TPSA) is 17.3 Å². The van der Waals surface area contributed by atoms with Crippen LogP contribution in [0.2, 0.25) is 0 Å². The summed E-state index contributed by atoms with van der Waals surface area (Å²) < 4.78 is 2.21. The van der Waals surface area contributed by atoms with Gasteiger partial charge in [-0.1, -0.05) is 69.2 Å². The third-order valence-corrected chi connectivity index (χ3v) is 4.56. The quantitative estimate of drug-likeness (QED) is 0.468. The van der Waals surface area contributed by atoms with E-state index >= 15 is 0 Å². The van der Waals surface area contributed by atoms with E-state index in [1.54, 1.807) is 0 Å². The Morgan fingerprint density at radius 3 is 2.58 bits per heavy atom. The van der Waals surface area contributed by atoms with Crippen LogP contribution in [0.1, 0.15) is 50.3 Å². The Bertz CT molecular complexity index is 828. The van der Waals surface area contributed by atoms with Gasteiger partial charge in [-0.05, 0) is 37.0 Å². The van der Waals surface area contributed by atoms with Gasteiger partial charge in [-0.3, -0.25) is 4.40 Å². The summed E-state index contributed by atoms with van der Waals surface area (Å²) in [5.41, 5.74) is 6.77. The smallest absolute Gasteiger partial charge is 0.140 e. The summed E-state index contributed by atoms with van der Waals surface area (Å²) in [6, 6.07) is 14.7. The molecule has 0 aliphatic rings. The summed E-state index contributed by atoms with van der Waals surface area (Å²) in [6.45, 7) is 8.76. The summed E-state index contributed by atoms with van der Waals surface area (Å²) in [5.74, 6) is 0. The van der Waals surface area contributed by atoms with Gasteiger partial charge in [0.1, 0.15) is 5.65 Å². The summed E-state index contributed by atoms with van der Waals surface area (Å²) in [4.78, 5) is 4.95. The first-order valence-electron chi connectivity index (χ1n) is 8.93. The largest absolute Gasteiger partial charge is 0.299 e. The lowest BCUT2D eigenvalue weighted by Crippen LogP contribution is -1.95. The molecule has 0 saturated heterocycles. The molecule has 0 unspecified atom stereocenters. The number of hydrogen-bond donors (Lipinski definition) is 0. The van der Waals surface area contributed by atoms with Gasteiger partial charge in [0.2, 0.25) is 0 Å².